The Morgan fingerprint density at radius 3 is 2.64 bits per heavy atom. The van der Waals surface area contributed by atoms with Gasteiger partial charge in [0, 0.05) is 23.0 Å². The maximum absolute atomic E-state index is 11.3. The monoisotopic (exact) mass is 315 g/mol. The van der Waals surface area contributed by atoms with Gasteiger partial charge in [-0.15, -0.1) is 0 Å². The number of benzene rings is 2. The molecule has 0 saturated heterocycles. The van der Waals surface area contributed by atoms with E-state index < -0.39 is 5.97 Å². The molecule has 0 aliphatic carbocycles. The molecule has 22 heavy (non-hydrogen) atoms. The predicted octanol–water partition coefficient (Wildman–Crippen LogP) is 4.11. The molecule has 1 heterocycles. The molecule has 0 fully saturated rings. The van der Waals surface area contributed by atoms with E-state index in [0.29, 0.717) is 28.3 Å². The van der Waals surface area contributed by atoms with Gasteiger partial charge in [0.25, 0.3) is 0 Å². The van der Waals surface area contributed by atoms with Gasteiger partial charge in [-0.25, -0.2) is 4.79 Å². The second-order valence-corrected chi connectivity index (χ2v) is 5.42. The Labute approximate surface area is 132 Å². The van der Waals surface area contributed by atoms with Crippen LogP contribution < -0.4 is 4.74 Å². The summed E-state index contributed by atoms with van der Waals surface area (Å²) in [6, 6.07) is 14.2. The number of aromatic nitrogens is 1. The average Bonchev–Trinajstić information content (AvgIpc) is 2.83. The zero-order valence-corrected chi connectivity index (χ0v) is 12.7. The standard InChI is InChI=1S/C17H14ClNO3/c1-19-12(10-22-13-7-5-11(18)6-8-13)9-15-14(17(20)21)3-2-4-16(15)19/h2-9H,10H2,1H3,(H,20,21). The van der Waals surface area contributed by atoms with Crippen LogP contribution in [0, 0.1) is 0 Å². The third-order valence-electron chi connectivity index (χ3n) is 3.62. The van der Waals surface area contributed by atoms with Gasteiger partial charge in [0.15, 0.2) is 0 Å². The van der Waals surface area contributed by atoms with Gasteiger partial charge >= 0.3 is 5.97 Å². The summed E-state index contributed by atoms with van der Waals surface area (Å²) in [7, 11) is 1.90. The van der Waals surface area contributed by atoms with Crippen LogP contribution in [0.15, 0.2) is 48.5 Å². The van der Waals surface area contributed by atoms with E-state index in [2.05, 4.69) is 0 Å². The van der Waals surface area contributed by atoms with E-state index in [1.165, 1.54) is 0 Å². The molecule has 0 radical (unpaired) electrons. The van der Waals surface area contributed by atoms with E-state index >= 15 is 0 Å². The van der Waals surface area contributed by atoms with Crippen LogP contribution >= 0.6 is 11.6 Å². The highest BCUT2D eigenvalue weighted by Gasteiger charge is 2.13. The Morgan fingerprint density at radius 2 is 1.95 bits per heavy atom. The normalized spacial score (nSPS) is 10.8. The predicted molar refractivity (Wildman–Crippen MR) is 85.7 cm³/mol. The summed E-state index contributed by atoms with van der Waals surface area (Å²) in [5.74, 6) is -0.213. The van der Waals surface area contributed by atoms with Gasteiger partial charge in [-0.2, -0.15) is 0 Å². The third-order valence-corrected chi connectivity index (χ3v) is 3.87. The molecular formula is C17H14ClNO3. The Balaban J connectivity index is 1.91. The number of ether oxygens (including phenoxy) is 1. The molecule has 0 bridgehead atoms. The highest BCUT2D eigenvalue weighted by atomic mass is 35.5. The van der Waals surface area contributed by atoms with Crippen molar-refractivity contribution in [3.63, 3.8) is 0 Å². The number of hydrogen-bond donors (Lipinski definition) is 1. The second-order valence-electron chi connectivity index (χ2n) is 4.98. The Morgan fingerprint density at radius 1 is 1.23 bits per heavy atom. The smallest absolute Gasteiger partial charge is 0.336 e. The topological polar surface area (TPSA) is 51.5 Å². The highest BCUT2D eigenvalue weighted by Crippen LogP contribution is 2.24. The number of aryl methyl sites for hydroxylation is 1. The highest BCUT2D eigenvalue weighted by molar-refractivity contribution is 6.30. The fraction of sp³-hybridized carbons (Fsp3) is 0.118. The van der Waals surface area contributed by atoms with E-state index in [1.807, 2.05) is 23.7 Å². The van der Waals surface area contributed by atoms with Gasteiger partial charge in [-0.1, -0.05) is 17.7 Å². The molecule has 3 aromatic rings. The van der Waals surface area contributed by atoms with Crippen molar-refractivity contribution < 1.29 is 14.6 Å². The van der Waals surface area contributed by atoms with Crippen LogP contribution in [0.5, 0.6) is 5.75 Å². The minimum Gasteiger partial charge on any atom is -0.487 e. The minimum atomic E-state index is -0.929. The van der Waals surface area contributed by atoms with E-state index in [-0.39, 0.29) is 0 Å². The van der Waals surface area contributed by atoms with E-state index in [1.54, 1.807) is 36.4 Å². The number of carboxylic acid groups (broad SMARTS) is 1. The number of halogens is 1. The molecule has 0 spiro atoms. The van der Waals surface area contributed by atoms with Crippen molar-refractivity contribution in [3.05, 3.63) is 64.8 Å². The molecule has 0 aliphatic heterocycles. The molecule has 0 aliphatic rings. The molecule has 0 saturated carbocycles. The first-order valence-corrected chi connectivity index (χ1v) is 7.13. The Bertz CT molecular complexity index is 837. The average molecular weight is 316 g/mol. The number of nitrogens with zero attached hydrogens (tertiary/aromatic N) is 1. The first kappa shape index (κ1) is 14.5. The van der Waals surface area contributed by atoms with Crippen LogP contribution in [0.1, 0.15) is 16.1 Å². The van der Waals surface area contributed by atoms with E-state index in [4.69, 9.17) is 16.3 Å². The number of carbonyl (C=O) groups is 1. The van der Waals surface area contributed by atoms with Gasteiger partial charge in [0.2, 0.25) is 0 Å². The Hall–Kier alpha value is -2.46. The lowest BCUT2D eigenvalue weighted by molar-refractivity contribution is 0.0699. The van der Waals surface area contributed by atoms with Crippen LogP contribution in [0.4, 0.5) is 0 Å². The molecule has 5 heteroatoms. The molecule has 1 N–H and O–H groups in total. The summed E-state index contributed by atoms with van der Waals surface area (Å²) in [5, 5.41) is 10.6. The van der Waals surface area contributed by atoms with Crippen LogP contribution in [0.2, 0.25) is 5.02 Å². The molecule has 4 nitrogen and oxygen atoms in total. The quantitative estimate of drug-likeness (QED) is 0.788. The summed E-state index contributed by atoms with van der Waals surface area (Å²) < 4.78 is 7.67. The first-order valence-electron chi connectivity index (χ1n) is 6.75. The molecular weight excluding hydrogens is 302 g/mol. The molecule has 0 atom stereocenters. The lowest BCUT2D eigenvalue weighted by Gasteiger charge is -2.07. The van der Waals surface area contributed by atoms with Crippen molar-refractivity contribution in [2.45, 2.75) is 6.61 Å². The number of aromatic carboxylic acids is 1. The third kappa shape index (κ3) is 2.65. The van der Waals surface area contributed by atoms with Crippen molar-refractivity contribution in [2.24, 2.45) is 7.05 Å². The maximum atomic E-state index is 11.3. The summed E-state index contributed by atoms with van der Waals surface area (Å²) in [6.45, 7) is 0.353. The van der Waals surface area contributed by atoms with Crippen LogP contribution in [-0.4, -0.2) is 15.6 Å². The number of fused-ring (bicyclic) bond motifs is 1. The first-order chi connectivity index (χ1) is 10.6. The number of carboxylic acids is 1. The SMILES string of the molecule is Cn1c(COc2ccc(Cl)cc2)cc2c(C(=O)O)cccc21. The van der Waals surface area contributed by atoms with Crippen molar-refractivity contribution >= 4 is 28.5 Å². The minimum absolute atomic E-state index is 0.297. The molecule has 112 valence electrons. The van der Waals surface area contributed by atoms with Crippen molar-refractivity contribution in [3.8, 4) is 5.75 Å². The fourth-order valence-electron chi connectivity index (χ4n) is 2.43. The molecule has 3 rings (SSSR count). The van der Waals surface area contributed by atoms with Crippen LogP contribution in [-0.2, 0) is 13.7 Å². The van der Waals surface area contributed by atoms with Crippen LogP contribution in [0.3, 0.4) is 0 Å². The molecule has 1 aromatic heterocycles. The van der Waals surface area contributed by atoms with Gasteiger partial charge in [0.05, 0.1) is 11.3 Å². The fourth-order valence-corrected chi connectivity index (χ4v) is 2.55. The molecule has 0 amide bonds. The zero-order chi connectivity index (χ0) is 15.7. The van der Waals surface area contributed by atoms with Crippen molar-refractivity contribution in [2.75, 3.05) is 0 Å². The number of rotatable bonds is 4. The van der Waals surface area contributed by atoms with Crippen molar-refractivity contribution in [1.82, 2.24) is 4.57 Å². The summed E-state index contributed by atoms with van der Waals surface area (Å²) in [4.78, 5) is 11.3. The van der Waals surface area contributed by atoms with E-state index in [0.717, 1.165) is 11.2 Å². The Kier molecular flexibility index (Phi) is 3.77. The van der Waals surface area contributed by atoms with E-state index in [9.17, 15) is 9.90 Å². The lowest BCUT2D eigenvalue weighted by atomic mass is 10.1. The van der Waals surface area contributed by atoms with Crippen LogP contribution in [0.25, 0.3) is 10.9 Å². The molecule has 0 unspecified atom stereocenters. The van der Waals surface area contributed by atoms with Gasteiger partial charge in [-0.05, 0) is 42.5 Å². The number of hydrogen-bond acceptors (Lipinski definition) is 2. The molecule has 2 aromatic carbocycles. The summed E-state index contributed by atoms with van der Waals surface area (Å²) in [5.41, 5.74) is 2.07. The lowest BCUT2D eigenvalue weighted by Crippen LogP contribution is -2.01. The maximum Gasteiger partial charge on any atom is 0.336 e. The van der Waals surface area contributed by atoms with Crippen molar-refractivity contribution in [1.29, 1.82) is 0 Å². The summed E-state index contributed by atoms with van der Waals surface area (Å²) >= 11 is 5.84. The summed E-state index contributed by atoms with van der Waals surface area (Å²) in [6.07, 6.45) is 0. The van der Waals surface area contributed by atoms with Gasteiger partial charge in [-0.3, -0.25) is 0 Å². The van der Waals surface area contributed by atoms with Gasteiger partial charge < -0.3 is 14.4 Å². The largest absolute Gasteiger partial charge is 0.487 e. The van der Waals surface area contributed by atoms with Gasteiger partial charge in [0.1, 0.15) is 12.4 Å². The second kappa shape index (κ2) is 5.73. The zero-order valence-electron chi connectivity index (χ0n) is 11.9.